The van der Waals surface area contributed by atoms with Crippen molar-refractivity contribution < 1.29 is 17.9 Å². The number of sulfonamides is 1. The fourth-order valence-electron chi connectivity index (χ4n) is 3.16. The first kappa shape index (κ1) is 18.9. The van der Waals surface area contributed by atoms with Crippen LogP contribution in [0.5, 0.6) is 5.75 Å². The van der Waals surface area contributed by atoms with Gasteiger partial charge in [0.25, 0.3) is 0 Å². The second-order valence-corrected chi connectivity index (χ2v) is 8.35. The average Bonchev–Trinajstić information content (AvgIpc) is 3.12. The third-order valence-electron chi connectivity index (χ3n) is 4.69. The van der Waals surface area contributed by atoms with Gasteiger partial charge in [-0.2, -0.15) is 9.40 Å². The Bertz CT molecular complexity index is 892. The largest absolute Gasteiger partial charge is 0.496 e. The van der Waals surface area contributed by atoms with Crippen molar-refractivity contribution >= 4 is 10.0 Å². The van der Waals surface area contributed by atoms with Gasteiger partial charge in [-0.25, -0.2) is 8.42 Å². The van der Waals surface area contributed by atoms with Crippen LogP contribution in [0.15, 0.2) is 29.4 Å². The monoisotopic (exact) mass is 379 g/mol. The highest BCUT2D eigenvalue weighted by Crippen LogP contribution is 2.30. The first-order valence-electron chi connectivity index (χ1n) is 8.66. The van der Waals surface area contributed by atoms with Crippen molar-refractivity contribution in [2.75, 3.05) is 26.8 Å². The van der Waals surface area contributed by atoms with E-state index in [-0.39, 0.29) is 12.6 Å². The van der Waals surface area contributed by atoms with Gasteiger partial charge in [0.2, 0.25) is 10.0 Å². The summed E-state index contributed by atoms with van der Waals surface area (Å²) < 4.78 is 40.8. The molecule has 1 saturated heterocycles. The Balaban J connectivity index is 1.88. The molecule has 1 aliphatic heterocycles. The summed E-state index contributed by atoms with van der Waals surface area (Å²) in [5.41, 5.74) is 2.37. The van der Waals surface area contributed by atoms with Crippen LogP contribution >= 0.6 is 0 Å². The Labute approximate surface area is 154 Å². The number of morpholine rings is 1. The predicted octanol–water partition coefficient (Wildman–Crippen LogP) is 2.29. The molecule has 7 nitrogen and oxygen atoms in total. The minimum Gasteiger partial charge on any atom is -0.496 e. The summed E-state index contributed by atoms with van der Waals surface area (Å²) in [6.45, 7) is 7.38. The van der Waals surface area contributed by atoms with E-state index in [1.807, 2.05) is 24.7 Å². The zero-order chi connectivity index (χ0) is 18.9. The van der Waals surface area contributed by atoms with Gasteiger partial charge < -0.3 is 9.47 Å². The Kier molecular flexibility index (Phi) is 5.36. The smallest absolute Gasteiger partial charge is 0.243 e. The number of benzene rings is 1. The first-order chi connectivity index (χ1) is 12.4. The molecule has 26 heavy (non-hydrogen) atoms. The highest BCUT2D eigenvalue weighted by molar-refractivity contribution is 7.89. The molecule has 1 aliphatic rings. The van der Waals surface area contributed by atoms with Gasteiger partial charge >= 0.3 is 0 Å². The lowest BCUT2D eigenvalue weighted by molar-refractivity contribution is -0.00261. The Hall–Kier alpha value is -1.90. The molecule has 3 rings (SSSR count). The number of hydrogen-bond acceptors (Lipinski definition) is 5. The van der Waals surface area contributed by atoms with Gasteiger partial charge in [-0.1, -0.05) is 0 Å². The summed E-state index contributed by atoms with van der Waals surface area (Å²) in [7, 11) is -2.03. The van der Waals surface area contributed by atoms with Crippen molar-refractivity contribution in [3.63, 3.8) is 0 Å². The maximum atomic E-state index is 13.2. The molecule has 0 aliphatic carbocycles. The molecule has 0 unspecified atom stereocenters. The molecule has 0 radical (unpaired) electrons. The Morgan fingerprint density at radius 2 is 2.08 bits per heavy atom. The summed E-state index contributed by atoms with van der Waals surface area (Å²) in [6.07, 6.45) is 3.34. The topological polar surface area (TPSA) is 73.7 Å². The quantitative estimate of drug-likeness (QED) is 0.797. The number of methoxy groups -OCH3 is 1. The molecule has 0 amide bonds. The molecule has 1 aromatic heterocycles. The molecule has 2 aromatic rings. The SMILES string of the molecule is CCn1cc([C@H]2CN(S(=O)(=O)c3cc(C)c(OC)cc3C)CCO2)cn1. The van der Waals surface area contributed by atoms with E-state index in [0.717, 1.165) is 17.7 Å². The molecule has 8 heteroatoms. The van der Waals surface area contributed by atoms with Gasteiger partial charge in [-0.05, 0) is 44.0 Å². The van der Waals surface area contributed by atoms with Crippen molar-refractivity contribution in [2.24, 2.45) is 0 Å². The van der Waals surface area contributed by atoms with Crippen molar-refractivity contribution in [1.29, 1.82) is 0 Å². The minimum atomic E-state index is -3.61. The van der Waals surface area contributed by atoms with E-state index < -0.39 is 10.0 Å². The standard InChI is InChI=1S/C18H25N3O4S/c1-5-20-11-15(10-19-20)17-12-21(6-7-25-17)26(22,23)18-9-13(2)16(24-4)8-14(18)3/h8-11,17H,5-7,12H2,1-4H3/t17-/m1/s1. The predicted molar refractivity (Wildman–Crippen MR) is 97.8 cm³/mol. The van der Waals surface area contributed by atoms with Gasteiger partial charge in [0, 0.05) is 31.4 Å². The van der Waals surface area contributed by atoms with Gasteiger partial charge in [-0.3, -0.25) is 4.68 Å². The summed E-state index contributed by atoms with van der Waals surface area (Å²) >= 11 is 0. The van der Waals surface area contributed by atoms with Crippen molar-refractivity contribution in [2.45, 2.75) is 38.3 Å². The number of rotatable bonds is 5. The first-order valence-corrected chi connectivity index (χ1v) is 10.1. The van der Waals surface area contributed by atoms with Crippen LogP contribution in [0.3, 0.4) is 0 Å². The highest BCUT2D eigenvalue weighted by Gasteiger charge is 2.33. The lowest BCUT2D eigenvalue weighted by Gasteiger charge is -2.32. The van der Waals surface area contributed by atoms with Crippen LogP contribution in [0.4, 0.5) is 0 Å². The van der Waals surface area contributed by atoms with Gasteiger partial charge in [0.05, 0.1) is 30.9 Å². The molecule has 142 valence electrons. The number of nitrogens with zero attached hydrogens (tertiary/aromatic N) is 3. The number of ether oxygens (including phenoxy) is 2. The minimum absolute atomic E-state index is 0.280. The molecule has 1 atom stereocenters. The van der Waals surface area contributed by atoms with Crippen LogP contribution in [0.25, 0.3) is 0 Å². The summed E-state index contributed by atoms with van der Waals surface area (Å²) in [4.78, 5) is 0.320. The maximum Gasteiger partial charge on any atom is 0.243 e. The average molecular weight is 379 g/mol. The van der Waals surface area contributed by atoms with E-state index in [2.05, 4.69) is 5.10 Å². The van der Waals surface area contributed by atoms with E-state index in [4.69, 9.17) is 9.47 Å². The molecule has 0 bridgehead atoms. The van der Waals surface area contributed by atoms with Crippen LogP contribution in [0.2, 0.25) is 0 Å². The highest BCUT2D eigenvalue weighted by atomic mass is 32.2. The van der Waals surface area contributed by atoms with Crippen molar-refractivity contribution in [3.05, 3.63) is 41.2 Å². The molecule has 1 fully saturated rings. The zero-order valence-corrected chi connectivity index (χ0v) is 16.4. The number of aromatic nitrogens is 2. The van der Waals surface area contributed by atoms with Crippen LogP contribution in [-0.2, 0) is 21.3 Å². The second kappa shape index (κ2) is 7.38. The van der Waals surface area contributed by atoms with E-state index in [9.17, 15) is 8.42 Å². The molecule has 0 spiro atoms. The molecule has 1 aromatic carbocycles. The fourth-order valence-corrected chi connectivity index (χ4v) is 4.88. The van der Waals surface area contributed by atoms with Crippen LogP contribution in [0.1, 0.15) is 29.7 Å². The van der Waals surface area contributed by atoms with Crippen LogP contribution in [0, 0.1) is 13.8 Å². The summed E-state index contributed by atoms with van der Waals surface area (Å²) in [5.74, 6) is 0.688. The molecular formula is C18H25N3O4S. The van der Waals surface area contributed by atoms with Gasteiger partial charge in [0.15, 0.2) is 0 Å². The molecular weight excluding hydrogens is 354 g/mol. The molecule has 0 N–H and O–H groups in total. The van der Waals surface area contributed by atoms with Crippen LogP contribution < -0.4 is 4.74 Å². The third-order valence-corrected chi connectivity index (χ3v) is 6.70. The Morgan fingerprint density at radius 3 is 2.73 bits per heavy atom. The summed E-state index contributed by atoms with van der Waals surface area (Å²) in [5, 5.41) is 4.25. The van der Waals surface area contributed by atoms with E-state index in [1.165, 1.54) is 4.31 Å². The van der Waals surface area contributed by atoms with E-state index in [0.29, 0.717) is 29.4 Å². The lowest BCUT2D eigenvalue weighted by Crippen LogP contribution is -2.42. The Morgan fingerprint density at radius 1 is 1.31 bits per heavy atom. The summed E-state index contributed by atoms with van der Waals surface area (Å²) in [6, 6.07) is 3.45. The maximum absolute atomic E-state index is 13.2. The number of aryl methyl sites for hydroxylation is 3. The van der Waals surface area contributed by atoms with E-state index in [1.54, 1.807) is 32.4 Å². The zero-order valence-electron chi connectivity index (χ0n) is 15.6. The van der Waals surface area contributed by atoms with Gasteiger partial charge in [-0.15, -0.1) is 0 Å². The molecule has 0 saturated carbocycles. The van der Waals surface area contributed by atoms with E-state index >= 15 is 0 Å². The number of hydrogen-bond donors (Lipinski definition) is 0. The second-order valence-electron chi connectivity index (χ2n) is 6.44. The van der Waals surface area contributed by atoms with Crippen LogP contribution in [-0.4, -0.2) is 49.3 Å². The lowest BCUT2D eigenvalue weighted by atomic mass is 10.1. The van der Waals surface area contributed by atoms with Crippen molar-refractivity contribution in [3.8, 4) is 5.75 Å². The third kappa shape index (κ3) is 3.49. The van der Waals surface area contributed by atoms with Gasteiger partial charge in [0.1, 0.15) is 5.75 Å². The van der Waals surface area contributed by atoms with Crippen molar-refractivity contribution in [1.82, 2.24) is 14.1 Å². The fraction of sp³-hybridized carbons (Fsp3) is 0.500. The normalized spacial score (nSPS) is 18.8. The molecule has 2 heterocycles.